The number of sulfonamides is 1. The van der Waals surface area contributed by atoms with Crippen LogP contribution < -0.4 is 11.5 Å². The summed E-state index contributed by atoms with van der Waals surface area (Å²) in [6.45, 7) is 0.0965. The van der Waals surface area contributed by atoms with Crippen LogP contribution in [-0.2, 0) is 14.8 Å². The number of benzene rings is 1. The van der Waals surface area contributed by atoms with Gasteiger partial charge in [-0.05, 0) is 25.0 Å². The Hall–Kier alpha value is -1.74. The van der Waals surface area contributed by atoms with Gasteiger partial charge in [-0.25, -0.2) is 17.2 Å². The first kappa shape index (κ1) is 15.6. The highest BCUT2D eigenvalue weighted by Crippen LogP contribution is 2.28. The molecule has 0 aliphatic carbocycles. The average molecular weight is 319 g/mol. The quantitative estimate of drug-likeness (QED) is 0.788. The number of primary amides is 1. The van der Waals surface area contributed by atoms with E-state index in [1.165, 1.54) is 0 Å². The number of hydrogen-bond acceptors (Lipinski definition) is 4. The molecule has 0 radical (unpaired) electrons. The number of anilines is 1. The third-order valence-electron chi connectivity index (χ3n) is 3.57. The molecule has 0 spiro atoms. The zero-order valence-corrected chi connectivity index (χ0v) is 11.9. The van der Waals surface area contributed by atoms with Crippen LogP contribution in [0.5, 0.6) is 0 Å². The van der Waals surface area contributed by atoms with Crippen molar-refractivity contribution in [3.05, 3.63) is 23.8 Å². The smallest absolute Gasteiger partial charge is 0.246 e. The lowest BCUT2D eigenvalue weighted by Gasteiger charge is -2.29. The summed E-state index contributed by atoms with van der Waals surface area (Å²) in [5, 5.41) is 0. The van der Waals surface area contributed by atoms with E-state index < -0.39 is 38.1 Å². The molecule has 1 amide bonds. The largest absolute Gasteiger partial charge is 0.394 e. The minimum Gasteiger partial charge on any atom is -0.394 e. The first-order valence-corrected chi connectivity index (χ1v) is 7.72. The van der Waals surface area contributed by atoms with Crippen LogP contribution in [0.2, 0.25) is 0 Å². The molecule has 6 nitrogen and oxygen atoms in total. The summed E-state index contributed by atoms with van der Waals surface area (Å²) in [6.07, 6.45) is 0.541. The lowest BCUT2D eigenvalue weighted by Crippen LogP contribution is -2.41. The van der Waals surface area contributed by atoms with Crippen LogP contribution in [0, 0.1) is 17.6 Å². The fraction of sp³-hybridized carbons (Fsp3) is 0.417. The summed E-state index contributed by atoms with van der Waals surface area (Å²) in [5.41, 5.74) is 9.51. The summed E-state index contributed by atoms with van der Waals surface area (Å²) in [4.78, 5) is 10.4. The van der Waals surface area contributed by atoms with E-state index in [1.807, 2.05) is 0 Å². The van der Waals surface area contributed by atoms with E-state index in [2.05, 4.69) is 0 Å². The summed E-state index contributed by atoms with van der Waals surface area (Å²) >= 11 is 0. The van der Waals surface area contributed by atoms with Gasteiger partial charge in [-0.1, -0.05) is 0 Å². The van der Waals surface area contributed by atoms with Gasteiger partial charge in [-0.2, -0.15) is 4.31 Å². The van der Waals surface area contributed by atoms with E-state index in [1.54, 1.807) is 0 Å². The number of hydrogen-bond donors (Lipinski definition) is 2. The number of piperidine rings is 1. The molecule has 0 aromatic heterocycles. The Morgan fingerprint density at radius 3 is 2.33 bits per heavy atom. The molecule has 1 aromatic carbocycles. The van der Waals surface area contributed by atoms with Crippen LogP contribution >= 0.6 is 0 Å². The molecule has 0 unspecified atom stereocenters. The van der Waals surface area contributed by atoms with Crippen LogP contribution in [0.25, 0.3) is 0 Å². The minimum atomic E-state index is -4.12. The highest BCUT2D eigenvalue weighted by Gasteiger charge is 2.33. The second-order valence-corrected chi connectivity index (χ2v) is 6.76. The summed E-state index contributed by atoms with van der Waals surface area (Å²) in [7, 11) is -4.12. The van der Waals surface area contributed by atoms with Gasteiger partial charge >= 0.3 is 0 Å². The maximum atomic E-state index is 13.9. The van der Waals surface area contributed by atoms with Crippen molar-refractivity contribution >= 4 is 21.6 Å². The van der Waals surface area contributed by atoms with Crippen molar-refractivity contribution in [3.8, 4) is 0 Å². The summed E-state index contributed by atoms with van der Waals surface area (Å²) < 4.78 is 52.7. The Balaban J connectivity index is 2.28. The molecular formula is C12H15F2N3O3S. The predicted octanol–water partition coefficient (Wildman–Crippen LogP) is 0.433. The normalized spacial score (nSPS) is 17.8. The van der Waals surface area contributed by atoms with E-state index in [4.69, 9.17) is 11.5 Å². The van der Waals surface area contributed by atoms with Crippen LogP contribution in [0.1, 0.15) is 12.8 Å². The Morgan fingerprint density at radius 2 is 1.81 bits per heavy atom. The molecule has 0 atom stereocenters. The minimum absolute atomic E-state index is 0.0483. The Kier molecular flexibility index (Phi) is 4.15. The molecule has 1 aliphatic heterocycles. The molecule has 1 aliphatic rings. The number of nitrogen functional groups attached to an aromatic ring is 1. The Bertz CT molecular complexity index is 671. The maximum Gasteiger partial charge on any atom is 0.246 e. The fourth-order valence-corrected chi connectivity index (χ4v) is 3.81. The van der Waals surface area contributed by atoms with E-state index in [0.717, 1.165) is 16.4 Å². The maximum absolute atomic E-state index is 13.9. The second-order valence-electron chi connectivity index (χ2n) is 4.85. The number of amides is 1. The SMILES string of the molecule is NC(=O)C1CCN(S(=O)(=O)c2ccc(F)c(N)c2F)CC1. The third kappa shape index (κ3) is 2.84. The fourth-order valence-electron chi connectivity index (χ4n) is 2.27. The lowest BCUT2D eigenvalue weighted by molar-refractivity contribution is -0.122. The summed E-state index contributed by atoms with van der Waals surface area (Å²) in [5.74, 6) is -3.19. The standard InChI is InChI=1S/C12H15F2N3O3S/c13-8-1-2-9(10(14)11(8)15)21(19,20)17-5-3-7(4-6-17)12(16)18/h1-2,7H,3-6,15H2,(H2,16,18). The molecular weight excluding hydrogens is 304 g/mol. The number of halogens is 2. The molecule has 1 aromatic rings. The number of nitrogens with two attached hydrogens (primary N) is 2. The topological polar surface area (TPSA) is 106 Å². The van der Waals surface area contributed by atoms with Gasteiger partial charge in [0.15, 0.2) is 5.82 Å². The average Bonchev–Trinajstić information content (AvgIpc) is 2.44. The molecule has 0 saturated carbocycles. The van der Waals surface area contributed by atoms with Crippen LogP contribution in [0.15, 0.2) is 17.0 Å². The number of rotatable bonds is 3. The van der Waals surface area contributed by atoms with E-state index in [0.29, 0.717) is 0 Å². The van der Waals surface area contributed by atoms with Crippen molar-refractivity contribution in [3.63, 3.8) is 0 Å². The molecule has 4 N–H and O–H groups in total. The summed E-state index contributed by atoms with van der Waals surface area (Å²) in [6, 6.07) is 1.65. The lowest BCUT2D eigenvalue weighted by atomic mass is 9.98. The highest BCUT2D eigenvalue weighted by atomic mass is 32.2. The molecule has 2 rings (SSSR count). The number of carbonyl (C=O) groups is 1. The Morgan fingerprint density at radius 1 is 1.24 bits per heavy atom. The first-order chi connectivity index (χ1) is 9.75. The van der Waals surface area contributed by atoms with Gasteiger partial charge in [0.1, 0.15) is 16.4 Å². The van der Waals surface area contributed by atoms with E-state index >= 15 is 0 Å². The number of carbonyl (C=O) groups excluding carboxylic acids is 1. The molecule has 1 fully saturated rings. The van der Waals surface area contributed by atoms with Crippen molar-refractivity contribution in [2.45, 2.75) is 17.7 Å². The van der Waals surface area contributed by atoms with Crippen molar-refractivity contribution in [1.29, 1.82) is 0 Å². The van der Waals surface area contributed by atoms with E-state index in [9.17, 15) is 22.0 Å². The van der Waals surface area contributed by atoms with Crippen molar-refractivity contribution in [2.75, 3.05) is 18.8 Å². The van der Waals surface area contributed by atoms with Crippen LogP contribution in [0.4, 0.5) is 14.5 Å². The van der Waals surface area contributed by atoms with Crippen LogP contribution in [0.3, 0.4) is 0 Å². The molecule has 1 heterocycles. The van der Waals surface area contributed by atoms with Gasteiger partial charge in [0.2, 0.25) is 15.9 Å². The molecule has 0 bridgehead atoms. The highest BCUT2D eigenvalue weighted by molar-refractivity contribution is 7.89. The van der Waals surface area contributed by atoms with Crippen molar-refractivity contribution in [1.82, 2.24) is 4.31 Å². The van der Waals surface area contributed by atoms with Gasteiger partial charge in [0.05, 0.1) is 0 Å². The number of nitrogens with zero attached hydrogens (tertiary/aromatic N) is 1. The van der Waals surface area contributed by atoms with Gasteiger partial charge < -0.3 is 11.5 Å². The first-order valence-electron chi connectivity index (χ1n) is 6.28. The van der Waals surface area contributed by atoms with Crippen molar-refractivity contribution < 1.29 is 22.0 Å². The van der Waals surface area contributed by atoms with Crippen LogP contribution in [-0.4, -0.2) is 31.7 Å². The molecule has 9 heteroatoms. The zero-order chi connectivity index (χ0) is 15.8. The monoisotopic (exact) mass is 319 g/mol. The molecule has 1 saturated heterocycles. The Labute approximate surface area is 120 Å². The van der Waals surface area contributed by atoms with Gasteiger partial charge in [0.25, 0.3) is 0 Å². The van der Waals surface area contributed by atoms with E-state index in [-0.39, 0.29) is 31.8 Å². The molecule has 21 heavy (non-hydrogen) atoms. The molecule has 116 valence electrons. The van der Waals surface area contributed by atoms with Gasteiger partial charge in [-0.15, -0.1) is 0 Å². The van der Waals surface area contributed by atoms with Gasteiger partial charge in [0, 0.05) is 19.0 Å². The second kappa shape index (κ2) is 5.57. The van der Waals surface area contributed by atoms with Crippen molar-refractivity contribution in [2.24, 2.45) is 11.7 Å². The van der Waals surface area contributed by atoms with Gasteiger partial charge in [-0.3, -0.25) is 4.79 Å². The third-order valence-corrected chi connectivity index (χ3v) is 5.48. The predicted molar refractivity (Wildman–Crippen MR) is 71.4 cm³/mol. The zero-order valence-electron chi connectivity index (χ0n) is 11.1.